The van der Waals surface area contributed by atoms with Crippen molar-refractivity contribution in [1.82, 2.24) is 10.6 Å². The van der Waals surface area contributed by atoms with Crippen molar-refractivity contribution in [1.29, 1.82) is 0 Å². The molecule has 1 fully saturated rings. The third-order valence-electron chi connectivity index (χ3n) is 5.06. The fraction of sp³-hybridized carbons (Fsp3) is 0.476. The molecule has 1 aromatic carbocycles. The minimum absolute atomic E-state index is 0.0297. The van der Waals surface area contributed by atoms with E-state index in [2.05, 4.69) is 10.6 Å². The maximum Gasteiger partial charge on any atom is 0.287 e. The van der Waals surface area contributed by atoms with E-state index in [0.717, 1.165) is 25.9 Å². The molecule has 2 N–H and O–H groups in total. The Bertz CT molecular complexity index is 762. The summed E-state index contributed by atoms with van der Waals surface area (Å²) in [4.78, 5) is 12.5. The lowest BCUT2D eigenvalue weighted by Gasteiger charge is -2.37. The quantitative estimate of drug-likeness (QED) is 0.687. The van der Waals surface area contributed by atoms with Crippen LogP contribution in [0, 0.1) is 5.41 Å². The molecule has 152 valence electrons. The van der Waals surface area contributed by atoms with Gasteiger partial charge in [0.15, 0.2) is 17.3 Å². The molecule has 0 aliphatic carbocycles. The van der Waals surface area contributed by atoms with Crippen molar-refractivity contribution in [2.75, 3.05) is 40.5 Å². The molecule has 3 rings (SSSR count). The average Bonchev–Trinajstić information content (AvgIpc) is 3.21. The summed E-state index contributed by atoms with van der Waals surface area (Å²) in [5.41, 5.74) is -0.0297. The number of hydrogen-bond donors (Lipinski definition) is 2. The number of ether oxygens (including phenoxy) is 3. The molecular formula is C21H28N2O5. The number of rotatable bonds is 9. The molecule has 0 radical (unpaired) electrons. The molecule has 0 saturated carbocycles. The van der Waals surface area contributed by atoms with Gasteiger partial charge in [0.25, 0.3) is 5.91 Å². The first-order valence-corrected chi connectivity index (χ1v) is 9.48. The van der Waals surface area contributed by atoms with Crippen LogP contribution in [-0.4, -0.2) is 46.4 Å². The Kier molecular flexibility index (Phi) is 6.95. The van der Waals surface area contributed by atoms with Crippen LogP contribution in [0.15, 0.2) is 40.8 Å². The molecule has 1 saturated heterocycles. The summed E-state index contributed by atoms with van der Waals surface area (Å²) in [6, 6.07) is 10.8. The van der Waals surface area contributed by atoms with E-state index < -0.39 is 0 Å². The van der Waals surface area contributed by atoms with Gasteiger partial charge in [-0.05, 0) is 50.2 Å². The van der Waals surface area contributed by atoms with Crippen molar-refractivity contribution < 1.29 is 23.4 Å². The highest BCUT2D eigenvalue weighted by molar-refractivity contribution is 5.91. The zero-order chi connectivity index (χ0) is 19.8. The smallest absolute Gasteiger partial charge is 0.287 e. The molecule has 0 bridgehead atoms. The first-order chi connectivity index (χ1) is 13.7. The Morgan fingerprint density at radius 3 is 2.61 bits per heavy atom. The predicted octanol–water partition coefficient (Wildman–Crippen LogP) is 2.61. The van der Waals surface area contributed by atoms with Gasteiger partial charge in [0.2, 0.25) is 0 Å². The Labute approximate surface area is 165 Å². The fourth-order valence-electron chi connectivity index (χ4n) is 3.45. The molecule has 2 heterocycles. The summed E-state index contributed by atoms with van der Waals surface area (Å²) < 4.78 is 22.0. The van der Waals surface area contributed by atoms with E-state index in [1.165, 1.54) is 0 Å². The highest BCUT2D eigenvalue weighted by Crippen LogP contribution is 2.29. The third-order valence-corrected chi connectivity index (χ3v) is 5.06. The Balaban J connectivity index is 1.55. The topological polar surface area (TPSA) is 82.0 Å². The van der Waals surface area contributed by atoms with Gasteiger partial charge in [-0.2, -0.15) is 0 Å². The molecule has 0 atom stereocenters. The Morgan fingerprint density at radius 1 is 1.14 bits per heavy atom. The van der Waals surface area contributed by atoms with E-state index in [1.54, 1.807) is 26.4 Å². The molecule has 7 heteroatoms. The lowest BCUT2D eigenvalue weighted by molar-refractivity contribution is 0.0505. The second kappa shape index (κ2) is 9.61. The van der Waals surface area contributed by atoms with Crippen LogP contribution in [0.25, 0.3) is 0 Å². The lowest BCUT2D eigenvalue weighted by Crippen LogP contribution is -2.47. The number of benzene rings is 1. The summed E-state index contributed by atoms with van der Waals surface area (Å²) in [6.07, 6.45) is 1.94. The van der Waals surface area contributed by atoms with E-state index in [1.807, 2.05) is 24.3 Å². The zero-order valence-corrected chi connectivity index (χ0v) is 16.5. The SMILES string of the molecule is COCC1(CNC(=O)c2ccc(COc3ccccc3OC)o2)CCNCC1. The van der Waals surface area contributed by atoms with Crippen LogP contribution in [0.2, 0.25) is 0 Å². The summed E-state index contributed by atoms with van der Waals surface area (Å²) in [7, 11) is 3.29. The minimum Gasteiger partial charge on any atom is -0.493 e. The van der Waals surface area contributed by atoms with Crippen molar-refractivity contribution in [3.63, 3.8) is 0 Å². The number of carbonyl (C=O) groups is 1. The van der Waals surface area contributed by atoms with Gasteiger partial charge in [-0.25, -0.2) is 0 Å². The summed E-state index contributed by atoms with van der Waals surface area (Å²) in [5.74, 6) is 1.90. The minimum atomic E-state index is -0.224. The zero-order valence-electron chi connectivity index (χ0n) is 16.5. The highest BCUT2D eigenvalue weighted by Gasteiger charge is 2.32. The summed E-state index contributed by atoms with van der Waals surface area (Å²) in [6.45, 7) is 3.28. The first kappa shape index (κ1) is 20.2. The number of methoxy groups -OCH3 is 2. The number of carbonyl (C=O) groups excluding carboxylic acids is 1. The number of furan rings is 1. The number of piperidine rings is 1. The molecule has 1 aliphatic heterocycles. The van der Waals surface area contributed by atoms with Gasteiger partial charge >= 0.3 is 0 Å². The van der Waals surface area contributed by atoms with Crippen LogP contribution in [0.1, 0.15) is 29.2 Å². The van der Waals surface area contributed by atoms with Crippen LogP contribution in [0.3, 0.4) is 0 Å². The molecule has 0 unspecified atom stereocenters. The molecule has 1 aromatic heterocycles. The average molecular weight is 388 g/mol. The van der Waals surface area contributed by atoms with Crippen molar-refractivity contribution in [3.05, 3.63) is 47.9 Å². The van der Waals surface area contributed by atoms with Crippen LogP contribution in [0.4, 0.5) is 0 Å². The second-order valence-corrected chi connectivity index (χ2v) is 7.07. The lowest BCUT2D eigenvalue weighted by atomic mass is 9.79. The molecule has 2 aromatic rings. The number of nitrogens with one attached hydrogen (secondary N) is 2. The van der Waals surface area contributed by atoms with Gasteiger partial charge < -0.3 is 29.3 Å². The highest BCUT2D eigenvalue weighted by atomic mass is 16.5. The molecule has 1 amide bonds. The summed E-state index contributed by atoms with van der Waals surface area (Å²) in [5, 5.41) is 6.35. The van der Waals surface area contributed by atoms with Gasteiger partial charge in [0.05, 0.1) is 13.7 Å². The Hall–Kier alpha value is -2.51. The number of para-hydroxylation sites is 2. The molecule has 28 heavy (non-hydrogen) atoms. The molecular weight excluding hydrogens is 360 g/mol. The van der Waals surface area contributed by atoms with Gasteiger partial charge in [-0.3, -0.25) is 4.79 Å². The molecule has 7 nitrogen and oxygen atoms in total. The predicted molar refractivity (Wildman–Crippen MR) is 105 cm³/mol. The van der Waals surface area contributed by atoms with E-state index in [4.69, 9.17) is 18.6 Å². The second-order valence-electron chi connectivity index (χ2n) is 7.07. The standard InChI is InChI=1S/C21H28N2O5/c1-25-15-21(9-11-22-12-10-21)14-23-20(24)19-8-7-16(28-19)13-27-18-6-4-3-5-17(18)26-2/h3-8,22H,9-15H2,1-2H3,(H,23,24). The Morgan fingerprint density at radius 2 is 1.89 bits per heavy atom. The number of hydrogen-bond acceptors (Lipinski definition) is 6. The fourth-order valence-corrected chi connectivity index (χ4v) is 3.45. The third kappa shape index (κ3) is 5.05. The van der Waals surface area contributed by atoms with Crippen molar-refractivity contribution >= 4 is 5.91 Å². The van der Waals surface area contributed by atoms with E-state index in [0.29, 0.717) is 30.4 Å². The van der Waals surface area contributed by atoms with Crippen LogP contribution < -0.4 is 20.1 Å². The molecule has 1 aliphatic rings. The normalized spacial score (nSPS) is 15.8. The van der Waals surface area contributed by atoms with E-state index in [9.17, 15) is 4.79 Å². The van der Waals surface area contributed by atoms with Gasteiger partial charge in [-0.15, -0.1) is 0 Å². The molecule has 0 spiro atoms. The summed E-state index contributed by atoms with van der Waals surface area (Å²) >= 11 is 0. The maximum absolute atomic E-state index is 12.5. The maximum atomic E-state index is 12.5. The van der Waals surface area contributed by atoms with Crippen molar-refractivity contribution in [2.45, 2.75) is 19.4 Å². The van der Waals surface area contributed by atoms with Gasteiger partial charge in [0, 0.05) is 19.1 Å². The van der Waals surface area contributed by atoms with E-state index in [-0.39, 0.29) is 23.7 Å². The van der Waals surface area contributed by atoms with Crippen LogP contribution in [0.5, 0.6) is 11.5 Å². The van der Waals surface area contributed by atoms with Gasteiger partial charge in [0.1, 0.15) is 12.4 Å². The van der Waals surface area contributed by atoms with E-state index >= 15 is 0 Å². The van der Waals surface area contributed by atoms with Gasteiger partial charge in [-0.1, -0.05) is 12.1 Å². The largest absolute Gasteiger partial charge is 0.493 e. The van der Waals surface area contributed by atoms with Crippen LogP contribution in [-0.2, 0) is 11.3 Å². The van der Waals surface area contributed by atoms with Crippen molar-refractivity contribution in [3.8, 4) is 11.5 Å². The number of amides is 1. The van der Waals surface area contributed by atoms with Crippen LogP contribution >= 0.6 is 0 Å². The monoisotopic (exact) mass is 388 g/mol. The first-order valence-electron chi connectivity index (χ1n) is 9.48. The van der Waals surface area contributed by atoms with Crippen molar-refractivity contribution in [2.24, 2.45) is 5.41 Å².